The lowest BCUT2D eigenvalue weighted by molar-refractivity contribution is 0.268. The van der Waals surface area contributed by atoms with Crippen LogP contribution in [0, 0.1) is 23.7 Å². The Labute approximate surface area is 193 Å². The van der Waals surface area contributed by atoms with Gasteiger partial charge in [0.1, 0.15) is 6.07 Å². The first-order chi connectivity index (χ1) is 16.0. The first-order valence-electron chi connectivity index (χ1n) is 11.2. The molecule has 3 aromatic heterocycles. The van der Waals surface area contributed by atoms with Gasteiger partial charge in [-0.25, -0.2) is 0 Å². The lowest BCUT2D eigenvalue weighted by Gasteiger charge is -2.22. The molecule has 7 nitrogen and oxygen atoms in total. The zero-order valence-electron chi connectivity index (χ0n) is 19.2. The zero-order chi connectivity index (χ0) is 23.0. The van der Waals surface area contributed by atoms with E-state index in [2.05, 4.69) is 34.5 Å². The van der Waals surface area contributed by atoms with Crippen LogP contribution in [0.3, 0.4) is 0 Å². The molecule has 1 aliphatic carbocycles. The Morgan fingerprint density at radius 1 is 1.12 bits per heavy atom. The summed E-state index contributed by atoms with van der Waals surface area (Å²) in [6.07, 6.45) is 9.01. The molecule has 1 saturated carbocycles. The molecule has 5 rings (SSSR count). The molecule has 0 radical (unpaired) electrons. The highest BCUT2D eigenvalue weighted by molar-refractivity contribution is 5.88. The van der Waals surface area contributed by atoms with E-state index in [-0.39, 0.29) is 0 Å². The first-order valence-corrected chi connectivity index (χ1v) is 11.2. The van der Waals surface area contributed by atoms with Crippen molar-refractivity contribution in [2.24, 2.45) is 5.41 Å². The molecule has 0 amide bonds. The second kappa shape index (κ2) is 8.28. The van der Waals surface area contributed by atoms with Crippen molar-refractivity contribution in [2.75, 3.05) is 7.11 Å². The summed E-state index contributed by atoms with van der Waals surface area (Å²) in [6.45, 7) is 5.11. The molecule has 0 N–H and O–H groups in total. The number of nitrogens with zero attached hydrogens (tertiary/aromatic N) is 6. The molecular weight excluding hydrogens is 412 g/mol. The van der Waals surface area contributed by atoms with Crippen LogP contribution in [0.4, 0.5) is 0 Å². The van der Waals surface area contributed by atoms with Gasteiger partial charge in [-0.3, -0.25) is 9.67 Å². The van der Waals surface area contributed by atoms with Crippen LogP contribution in [0.2, 0.25) is 0 Å². The van der Waals surface area contributed by atoms with E-state index >= 15 is 0 Å². The highest BCUT2D eigenvalue weighted by Gasteiger charge is 2.29. The maximum absolute atomic E-state index is 9.63. The third-order valence-corrected chi connectivity index (χ3v) is 6.68. The second-order valence-electron chi connectivity index (χ2n) is 9.23. The van der Waals surface area contributed by atoms with E-state index in [1.807, 2.05) is 48.1 Å². The second-order valence-corrected chi connectivity index (χ2v) is 9.23. The third-order valence-electron chi connectivity index (χ3n) is 6.68. The normalized spacial score (nSPS) is 15.0. The summed E-state index contributed by atoms with van der Waals surface area (Å²) in [5.41, 5.74) is 5.88. The Kier molecular flexibility index (Phi) is 5.29. The molecular formula is C26H26N6O. The highest BCUT2D eigenvalue weighted by atomic mass is 16.5. The summed E-state index contributed by atoms with van der Waals surface area (Å²) in [5, 5.41) is 23.6. The number of aromatic nitrogens is 5. The molecule has 7 heteroatoms. The maximum atomic E-state index is 9.63. The van der Waals surface area contributed by atoms with Crippen LogP contribution < -0.4 is 4.74 Å². The van der Waals surface area contributed by atoms with Gasteiger partial charge in [0.25, 0.3) is 0 Å². The molecule has 0 bridgehead atoms. The van der Waals surface area contributed by atoms with Crippen LogP contribution in [0.15, 0.2) is 42.7 Å². The average Bonchev–Trinajstić information content (AvgIpc) is 3.47. The Morgan fingerprint density at radius 3 is 2.70 bits per heavy atom. The summed E-state index contributed by atoms with van der Waals surface area (Å²) in [4.78, 5) is 4.82. The van der Waals surface area contributed by atoms with E-state index in [1.165, 1.54) is 25.7 Å². The summed E-state index contributed by atoms with van der Waals surface area (Å²) >= 11 is 0. The SMILES string of the molecule is COc1cc2ccc(-c3nc(C)c(C#N)cc3-c3cnn(CC4(C)CCCC4)c3)cc2nn1. The minimum Gasteiger partial charge on any atom is -0.480 e. The number of rotatable bonds is 5. The monoisotopic (exact) mass is 438 g/mol. The molecule has 166 valence electrons. The van der Waals surface area contributed by atoms with E-state index in [0.717, 1.165) is 39.8 Å². The minimum atomic E-state index is 0.299. The number of pyridine rings is 1. The van der Waals surface area contributed by atoms with E-state index in [0.29, 0.717) is 22.6 Å². The number of fused-ring (bicyclic) bond motifs is 1. The van der Waals surface area contributed by atoms with Crippen molar-refractivity contribution in [3.63, 3.8) is 0 Å². The summed E-state index contributed by atoms with van der Waals surface area (Å²) in [7, 11) is 1.58. The largest absolute Gasteiger partial charge is 0.480 e. The predicted octanol–water partition coefficient (Wildman–Crippen LogP) is 5.32. The molecule has 0 aliphatic heterocycles. The number of hydrogen-bond donors (Lipinski definition) is 0. The van der Waals surface area contributed by atoms with Gasteiger partial charge in [-0.1, -0.05) is 31.9 Å². The molecule has 33 heavy (non-hydrogen) atoms. The Balaban J connectivity index is 1.58. The fraction of sp³-hybridized carbons (Fsp3) is 0.346. The lowest BCUT2D eigenvalue weighted by atomic mass is 9.89. The van der Waals surface area contributed by atoms with Crippen molar-refractivity contribution in [3.8, 4) is 34.3 Å². The standard InChI is InChI=1S/C26H26N6O/c1-17-20(13-27)10-22(21-14-28-32(15-21)16-26(2)8-4-5-9-26)25(29-17)19-7-6-18-12-24(33-3)31-30-23(18)11-19/h6-7,10-12,14-15H,4-5,8-9,16H2,1-3H3. The highest BCUT2D eigenvalue weighted by Crippen LogP contribution is 2.39. The predicted molar refractivity (Wildman–Crippen MR) is 127 cm³/mol. The summed E-state index contributed by atoms with van der Waals surface area (Å²) in [6, 6.07) is 12.0. The van der Waals surface area contributed by atoms with E-state index in [1.54, 1.807) is 7.11 Å². The van der Waals surface area contributed by atoms with Gasteiger partial charge in [0.15, 0.2) is 0 Å². The maximum Gasteiger partial charge on any atom is 0.233 e. The Hall–Kier alpha value is -3.79. The van der Waals surface area contributed by atoms with Crippen LogP contribution in [-0.4, -0.2) is 32.1 Å². The van der Waals surface area contributed by atoms with Gasteiger partial charge in [-0.15, -0.1) is 10.2 Å². The fourth-order valence-electron chi connectivity index (χ4n) is 4.79. The van der Waals surface area contributed by atoms with Gasteiger partial charge in [-0.2, -0.15) is 10.4 Å². The molecule has 0 spiro atoms. The van der Waals surface area contributed by atoms with Crippen LogP contribution >= 0.6 is 0 Å². The first kappa shape index (κ1) is 21.1. The molecule has 0 saturated heterocycles. The minimum absolute atomic E-state index is 0.299. The number of methoxy groups -OCH3 is 1. The molecule has 1 fully saturated rings. The third kappa shape index (κ3) is 4.05. The van der Waals surface area contributed by atoms with Gasteiger partial charge >= 0.3 is 0 Å². The Bertz CT molecular complexity index is 1380. The van der Waals surface area contributed by atoms with E-state index in [9.17, 15) is 5.26 Å². The molecule has 0 unspecified atom stereocenters. The van der Waals surface area contributed by atoms with Gasteiger partial charge in [0.05, 0.1) is 35.8 Å². The Morgan fingerprint density at radius 2 is 1.94 bits per heavy atom. The molecule has 4 aromatic rings. The summed E-state index contributed by atoms with van der Waals surface area (Å²) < 4.78 is 7.22. The summed E-state index contributed by atoms with van der Waals surface area (Å²) in [5.74, 6) is 0.478. The lowest BCUT2D eigenvalue weighted by Crippen LogP contribution is -2.19. The van der Waals surface area contributed by atoms with Crippen molar-refractivity contribution in [1.82, 2.24) is 25.0 Å². The quantitative estimate of drug-likeness (QED) is 0.419. The fourth-order valence-corrected chi connectivity index (χ4v) is 4.79. The smallest absolute Gasteiger partial charge is 0.233 e. The van der Waals surface area contributed by atoms with Gasteiger partial charge < -0.3 is 4.74 Å². The number of aryl methyl sites for hydroxylation is 1. The van der Waals surface area contributed by atoms with Crippen LogP contribution in [-0.2, 0) is 6.54 Å². The number of benzene rings is 1. The van der Waals surface area contributed by atoms with Crippen molar-refractivity contribution in [1.29, 1.82) is 5.26 Å². The van der Waals surface area contributed by atoms with Crippen LogP contribution in [0.5, 0.6) is 5.88 Å². The zero-order valence-corrected chi connectivity index (χ0v) is 19.2. The van der Waals surface area contributed by atoms with E-state index in [4.69, 9.17) is 9.72 Å². The average molecular weight is 439 g/mol. The van der Waals surface area contributed by atoms with Crippen molar-refractivity contribution < 1.29 is 4.74 Å². The van der Waals surface area contributed by atoms with Crippen LogP contribution in [0.25, 0.3) is 33.3 Å². The van der Waals surface area contributed by atoms with Crippen molar-refractivity contribution in [2.45, 2.75) is 46.1 Å². The molecule has 1 aliphatic rings. The van der Waals surface area contributed by atoms with Gasteiger partial charge in [-0.05, 0) is 37.3 Å². The van der Waals surface area contributed by atoms with E-state index < -0.39 is 0 Å². The molecule has 0 atom stereocenters. The van der Waals surface area contributed by atoms with Crippen LogP contribution in [0.1, 0.15) is 43.9 Å². The number of nitriles is 1. The number of hydrogen-bond acceptors (Lipinski definition) is 6. The van der Waals surface area contributed by atoms with Gasteiger partial charge in [0, 0.05) is 40.9 Å². The molecule has 3 heterocycles. The number of ether oxygens (including phenoxy) is 1. The van der Waals surface area contributed by atoms with Gasteiger partial charge in [0.2, 0.25) is 5.88 Å². The molecule has 1 aromatic carbocycles. The van der Waals surface area contributed by atoms with Crippen molar-refractivity contribution >= 4 is 10.9 Å². The van der Waals surface area contributed by atoms with Crippen molar-refractivity contribution in [3.05, 3.63) is 54.0 Å². The topological polar surface area (TPSA) is 89.5 Å².